The second kappa shape index (κ2) is 5.32. The highest BCUT2D eigenvalue weighted by molar-refractivity contribution is 5.98. The van der Waals surface area contributed by atoms with Crippen LogP contribution in [0.4, 0.5) is 0 Å². The first kappa shape index (κ1) is 13.2. The van der Waals surface area contributed by atoms with Crippen LogP contribution in [0, 0.1) is 0 Å². The van der Waals surface area contributed by atoms with Crippen molar-refractivity contribution in [2.75, 3.05) is 26.3 Å². The Morgan fingerprint density at radius 3 is 2.80 bits per heavy atom. The number of hydrogen-bond donors (Lipinski definition) is 2. The van der Waals surface area contributed by atoms with Gasteiger partial charge in [0.2, 0.25) is 0 Å². The summed E-state index contributed by atoms with van der Waals surface area (Å²) in [5.41, 5.74) is 0.405. The Morgan fingerprint density at radius 2 is 2.00 bits per heavy atom. The van der Waals surface area contributed by atoms with Gasteiger partial charge in [-0.25, -0.2) is 0 Å². The quantitative estimate of drug-likeness (QED) is 0.855. The smallest absolute Gasteiger partial charge is 0.255 e. The molecular formula is C15H20N2O3. The second-order valence-corrected chi connectivity index (χ2v) is 5.59. The zero-order valence-electron chi connectivity index (χ0n) is 11.7. The van der Waals surface area contributed by atoms with Gasteiger partial charge in [-0.1, -0.05) is 6.07 Å². The Balaban J connectivity index is 1.80. The fourth-order valence-electron chi connectivity index (χ4n) is 2.70. The number of para-hydroxylation sites is 1. The molecule has 2 aliphatic heterocycles. The van der Waals surface area contributed by atoms with Crippen LogP contribution >= 0.6 is 0 Å². The number of carbonyl (C=O) groups is 1. The summed E-state index contributed by atoms with van der Waals surface area (Å²) in [6.45, 7) is 4.98. The fourth-order valence-corrected chi connectivity index (χ4v) is 2.70. The highest BCUT2D eigenvalue weighted by atomic mass is 16.6. The lowest BCUT2D eigenvalue weighted by Gasteiger charge is -2.35. The van der Waals surface area contributed by atoms with E-state index in [0.29, 0.717) is 30.3 Å². The van der Waals surface area contributed by atoms with Crippen molar-refractivity contribution in [2.24, 2.45) is 0 Å². The third-order valence-corrected chi connectivity index (χ3v) is 3.93. The maximum absolute atomic E-state index is 12.5. The summed E-state index contributed by atoms with van der Waals surface area (Å²) in [6, 6.07) is 5.44. The first-order valence-electron chi connectivity index (χ1n) is 7.10. The molecule has 0 aromatic heterocycles. The summed E-state index contributed by atoms with van der Waals surface area (Å²) < 4.78 is 11.1. The normalized spacial score (nSPS) is 20.2. The molecule has 3 rings (SSSR count). The average Bonchev–Trinajstić information content (AvgIpc) is 2.47. The Hall–Kier alpha value is -1.75. The van der Waals surface area contributed by atoms with Crippen LogP contribution in [0.1, 0.15) is 30.1 Å². The first-order chi connectivity index (χ1) is 9.68. The average molecular weight is 276 g/mol. The molecule has 20 heavy (non-hydrogen) atoms. The second-order valence-electron chi connectivity index (χ2n) is 5.59. The number of rotatable bonds is 2. The van der Waals surface area contributed by atoms with Crippen molar-refractivity contribution in [1.82, 2.24) is 10.6 Å². The molecule has 1 saturated heterocycles. The van der Waals surface area contributed by atoms with Gasteiger partial charge in [0.15, 0.2) is 11.5 Å². The molecule has 5 heteroatoms. The molecule has 0 spiro atoms. The van der Waals surface area contributed by atoms with Gasteiger partial charge in [-0.3, -0.25) is 4.79 Å². The van der Waals surface area contributed by atoms with Crippen LogP contribution in [0.25, 0.3) is 0 Å². The lowest BCUT2D eigenvalue weighted by molar-refractivity contribution is 0.0877. The van der Waals surface area contributed by atoms with Crippen LogP contribution in [-0.4, -0.2) is 37.7 Å². The van der Waals surface area contributed by atoms with Crippen LogP contribution in [0.5, 0.6) is 11.5 Å². The number of hydrogen-bond acceptors (Lipinski definition) is 4. The summed E-state index contributed by atoms with van der Waals surface area (Å²) >= 11 is 0. The van der Waals surface area contributed by atoms with E-state index in [-0.39, 0.29) is 11.4 Å². The molecule has 108 valence electrons. The first-order valence-corrected chi connectivity index (χ1v) is 7.10. The van der Waals surface area contributed by atoms with Crippen molar-refractivity contribution in [3.05, 3.63) is 23.8 Å². The van der Waals surface area contributed by atoms with E-state index in [1.54, 1.807) is 6.07 Å². The number of piperidine rings is 1. The largest absolute Gasteiger partial charge is 0.486 e. The summed E-state index contributed by atoms with van der Waals surface area (Å²) in [4.78, 5) is 12.5. The van der Waals surface area contributed by atoms with Crippen LogP contribution in [0.3, 0.4) is 0 Å². The van der Waals surface area contributed by atoms with E-state index in [2.05, 4.69) is 17.6 Å². The molecule has 1 aromatic rings. The maximum atomic E-state index is 12.5. The summed E-state index contributed by atoms with van der Waals surface area (Å²) in [5, 5.41) is 6.45. The number of amides is 1. The van der Waals surface area contributed by atoms with E-state index in [1.807, 2.05) is 12.1 Å². The Labute approximate surface area is 118 Å². The predicted octanol–water partition coefficient (Wildman–Crippen LogP) is 1.33. The van der Waals surface area contributed by atoms with Crippen molar-refractivity contribution >= 4 is 5.91 Å². The minimum Gasteiger partial charge on any atom is -0.486 e. The van der Waals surface area contributed by atoms with Crippen LogP contribution in [-0.2, 0) is 0 Å². The number of ether oxygens (including phenoxy) is 2. The van der Waals surface area contributed by atoms with Crippen molar-refractivity contribution in [1.29, 1.82) is 0 Å². The minimum atomic E-state index is -0.152. The molecule has 0 radical (unpaired) electrons. The van der Waals surface area contributed by atoms with E-state index in [1.165, 1.54) is 0 Å². The van der Waals surface area contributed by atoms with Crippen molar-refractivity contribution < 1.29 is 14.3 Å². The zero-order chi connectivity index (χ0) is 14.0. The number of benzene rings is 1. The maximum Gasteiger partial charge on any atom is 0.255 e. The van der Waals surface area contributed by atoms with Crippen LogP contribution in [0.15, 0.2) is 18.2 Å². The lowest BCUT2D eigenvalue weighted by Crippen LogP contribution is -2.52. The molecule has 0 aliphatic carbocycles. The van der Waals surface area contributed by atoms with Gasteiger partial charge in [-0.15, -0.1) is 0 Å². The Bertz CT molecular complexity index is 510. The summed E-state index contributed by atoms with van der Waals surface area (Å²) in [5.74, 6) is 1.13. The Morgan fingerprint density at radius 1 is 1.25 bits per heavy atom. The van der Waals surface area contributed by atoms with Crippen molar-refractivity contribution in [2.45, 2.75) is 25.3 Å². The number of nitrogens with one attached hydrogen (secondary N) is 2. The van der Waals surface area contributed by atoms with Crippen molar-refractivity contribution in [3.63, 3.8) is 0 Å². The van der Waals surface area contributed by atoms with Crippen molar-refractivity contribution in [3.8, 4) is 11.5 Å². The monoisotopic (exact) mass is 276 g/mol. The third-order valence-electron chi connectivity index (χ3n) is 3.93. The van der Waals surface area contributed by atoms with Crippen LogP contribution < -0.4 is 20.1 Å². The SMILES string of the molecule is CC1(NC(=O)c2cccc3c2OCCO3)CCNCC1. The molecule has 0 unspecified atom stereocenters. The molecule has 1 aromatic carbocycles. The molecule has 2 aliphatic rings. The number of fused-ring (bicyclic) bond motifs is 1. The topological polar surface area (TPSA) is 59.6 Å². The fraction of sp³-hybridized carbons (Fsp3) is 0.533. The summed E-state index contributed by atoms with van der Waals surface area (Å²) in [7, 11) is 0. The molecule has 2 heterocycles. The van der Waals surface area contributed by atoms with Gasteiger partial charge in [-0.05, 0) is 45.0 Å². The molecular weight excluding hydrogens is 256 g/mol. The number of carbonyl (C=O) groups excluding carboxylic acids is 1. The molecule has 0 atom stereocenters. The van der Waals surface area contributed by atoms with Gasteiger partial charge in [-0.2, -0.15) is 0 Å². The van der Waals surface area contributed by atoms with Gasteiger partial charge >= 0.3 is 0 Å². The molecule has 0 bridgehead atoms. The standard InChI is InChI=1S/C15H20N2O3/c1-15(5-7-16-8-6-15)17-14(18)11-3-2-4-12-13(11)20-10-9-19-12/h2-4,16H,5-10H2,1H3,(H,17,18). The molecule has 5 nitrogen and oxygen atoms in total. The summed E-state index contributed by atoms with van der Waals surface area (Å²) in [6.07, 6.45) is 1.87. The van der Waals surface area contributed by atoms with Gasteiger partial charge < -0.3 is 20.1 Å². The van der Waals surface area contributed by atoms with Crippen LogP contribution in [0.2, 0.25) is 0 Å². The minimum absolute atomic E-state index is 0.0863. The van der Waals surface area contributed by atoms with Gasteiger partial charge in [0, 0.05) is 5.54 Å². The van der Waals surface area contributed by atoms with E-state index >= 15 is 0 Å². The third kappa shape index (κ3) is 2.58. The van der Waals surface area contributed by atoms with E-state index in [0.717, 1.165) is 25.9 Å². The zero-order valence-corrected chi connectivity index (χ0v) is 11.7. The Kier molecular flexibility index (Phi) is 3.53. The van der Waals surface area contributed by atoms with E-state index < -0.39 is 0 Å². The van der Waals surface area contributed by atoms with Gasteiger partial charge in [0.1, 0.15) is 13.2 Å². The van der Waals surface area contributed by atoms with Gasteiger partial charge in [0.05, 0.1) is 5.56 Å². The highest BCUT2D eigenvalue weighted by Crippen LogP contribution is 2.34. The molecule has 2 N–H and O–H groups in total. The predicted molar refractivity (Wildman–Crippen MR) is 75.4 cm³/mol. The molecule has 1 fully saturated rings. The molecule has 1 amide bonds. The lowest BCUT2D eigenvalue weighted by atomic mass is 9.90. The molecule has 0 saturated carbocycles. The van der Waals surface area contributed by atoms with E-state index in [9.17, 15) is 4.79 Å². The van der Waals surface area contributed by atoms with E-state index in [4.69, 9.17) is 9.47 Å². The highest BCUT2D eigenvalue weighted by Gasteiger charge is 2.30. The van der Waals surface area contributed by atoms with Gasteiger partial charge in [0.25, 0.3) is 5.91 Å².